The molecule has 1 amide bonds. The van der Waals surface area contributed by atoms with E-state index in [9.17, 15) is 13.2 Å². The number of benzene rings is 2. The van der Waals surface area contributed by atoms with Gasteiger partial charge >= 0.3 is 0 Å². The number of sulfonamides is 1. The Kier molecular flexibility index (Phi) is 5.33. The van der Waals surface area contributed by atoms with Crippen LogP contribution in [0.25, 0.3) is 11.3 Å². The fraction of sp³-hybridized carbons (Fsp3) is 0.200. The van der Waals surface area contributed by atoms with Gasteiger partial charge in [-0.25, -0.2) is 13.4 Å². The third-order valence-corrected chi connectivity index (χ3v) is 6.85. The van der Waals surface area contributed by atoms with Gasteiger partial charge in [0.25, 0.3) is 10.0 Å². The number of aryl methyl sites for hydroxylation is 1. The Morgan fingerprint density at radius 3 is 2.69 bits per heavy atom. The number of carbonyl (C=O) groups is 1. The maximum atomic E-state index is 12.7. The number of nitrogens with zero attached hydrogens (tertiary/aromatic N) is 2. The van der Waals surface area contributed by atoms with Crippen LogP contribution in [0.15, 0.2) is 64.8 Å². The average molecular weight is 429 g/mol. The van der Waals surface area contributed by atoms with E-state index in [-0.39, 0.29) is 10.8 Å². The summed E-state index contributed by atoms with van der Waals surface area (Å²) in [5.74, 6) is 0.905. The van der Waals surface area contributed by atoms with Gasteiger partial charge in [0, 0.05) is 41.9 Å². The molecule has 4 rings (SSSR count). The van der Waals surface area contributed by atoms with Gasteiger partial charge in [-0.1, -0.05) is 30.8 Å². The minimum absolute atomic E-state index is 0.120. The molecule has 0 fully saturated rings. The summed E-state index contributed by atoms with van der Waals surface area (Å²) in [5, 5.41) is 3.68. The lowest BCUT2D eigenvalue weighted by Gasteiger charge is -2.10. The van der Waals surface area contributed by atoms with E-state index >= 15 is 0 Å². The lowest BCUT2D eigenvalue weighted by atomic mass is 10.1. The molecule has 0 aliphatic carbocycles. The summed E-state index contributed by atoms with van der Waals surface area (Å²) < 4.78 is 30.2. The van der Waals surface area contributed by atoms with Gasteiger partial charge in [0.15, 0.2) is 5.16 Å². The number of amides is 1. The molecule has 3 aromatic rings. The molecular weight excluding hydrogens is 408 g/mol. The molecule has 0 bridgehead atoms. The van der Waals surface area contributed by atoms with E-state index in [1.165, 1.54) is 12.1 Å². The maximum absolute atomic E-state index is 12.7. The van der Waals surface area contributed by atoms with Gasteiger partial charge in [0.1, 0.15) is 0 Å². The van der Waals surface area contributed by atoms with Crippen molar-refractivity contribution in [3.63, 3.8) is 0 Å². The summed E-state index contributed by atoms with van der Waals surface area (Å²) in [5.41, 5.74) is 2.70. The normalized spacial score (nSPS) is 13.1. The second-order valence-corrected chi connectivity index (χ2v) is 9.31. The van der Waals surface area contributed by atoms with E-state index in [0.717, 1.165) is 28.7 Å². The topological polar surface area (TPSA) is 93.1 Å². The molecule has 150 valence electrons. The van der Waals surface area contributed by atoms with Crippen LogP contribution in [-0.2, 0) is 21.4 Å². The molecule has 0 saturated heterocycles. The lowest BCUT2D eigenvalue weighted by molar-refractivity contribution is -0.115. The minimum Gasteiger partial charge on any atom is -0.326 e. The van der Waals surface area contributed by atoms with E-state index in [0.29, 0.717) is 17.8 Å². The van der Waals surface area contributed by atoms with Crippen LogP contribution < -0.4 is 10.0 Å². The molecule has 0 spiro atoms. The first-order chi connectivity index (χ1) is 13.9. The molecule has 7 nitrogen and oxygen atoms in total. The zero-order valence-electron chi connectivity index (χ0n) is 15.8. The first kappa shape index (κ1) is 19.5. The van der Waals surface area contributed by atoms with Gasteiger partial charge < -0.3 is 9.88 Å². The number of thioether (sulfide) groups is 1. The van der Waals surface area contributed by atoms with Crippen LogP contribution in [-0.4, -0.2) is 29.6 Å². The molecule has 0 saturated carbocycles. The number of carbonyl (C=O) groups excluding carboxylic acids is 1. The van der Waals surface area contributed by atoms with Crippen LogP contribution in [0.1, 0.15) is 13.3 Å². The molecule has 9 heteroatoms. The highest BCUT2D eigenvalue weighted by molar-refractivity contribution is 7.99. The quantitative estimate of drug-likeness (QED) is 0.623. The molecular formula is C20H20N4O3S2. The van der Waals surface area contributed by atoms with Gasteiger partial charge in [0.05, 0.1) is 10.6 Å². The predicted octanol–water partition coefficient (Wildman–Crippen LogP) is 3.81. The highest BCUT2D eigenvalue weighted by Crippen LogP contribution is 2.30. The Balaban J connectivity index is 1.52. The lowest BCUT2D eigenvalue weighted by Crippen LogP contribution is -2.13. The summed E-state index contributed by atoms with van der Waals surface area (Å²) in [4.78, 5) is 16.2. The van der Waals surface area contributed by atoms with Crippen LogP contribution in [0.2, 0.25) is 0 Å². The van der Waals surface area contributed by atoms with Gasteiger partial charge in [-0.3, -0.25) is 9.52 Å². The Morgan fingerprint density at radius 2 is 1.97 bits per heavy atom. The fourth-order valence-electron chi connectivity index (χ4n) is 2.97. The van der Waals surface area contributed by atoms with Crippen LogP contribution in [0.4, 0.5) is 11.4 Å². The molecule has 2 heterocycles. The standard InChI is InChI=1S/C20H20N4O3S2/c1-2-19(25)21-15-6-8-17(9-7-15)29(26,27)23-16-5-3-4-14(12-16)18-13-24-10-11-28-20(24)22-18/h3-9,12-13,23H,2,10-11H2,1H3,(H,21,25). The van der Waals surface area contributed by atoms with Crippen molar-refractivity contribution >= 4 is 39.1 Å². The van der Waals surface area contributed by atoms with Gasteiger partial charge in [0.2, 0.25) is 5.91 Å². The Bertz CT molecular complexity index is 1130. The minimum atomic E-state index is -3.75. The zero-order chi connectivity index (χ0) is 20.4. The number of fused-ring (bicyclic) bond motifs is 1. The van der Waals surface area contributed by atoms with Crippen molar-refractivity contribution in [1.82, 2.24) is 9.55 Å². The van der Waals surface area contributed by atoms with Crippen LogP contribution in [0, 0.1) is 0 Å². The molecule has 1 aliphatic heterocycles. The molecule has 1 aliphatic rings. The second kappa shape index (κ2) is 7.92. The third kappa shape index (κ3) is 4.30. The number of hydrogen-bond donors (Lipinski definition) is 2. The van der Waals surface area contributed by atoms with Crippen molar-refractivity contribution in [2.24, 2.45) is 0 Å². The van der Waals surface area contributed by atoms with E-state index in [4.69, 9.17) is 0 Å². The second-order valence-electron chi connectivity index (χ2n) is 6.56. The average Bonchev–Trinajstić information content (AvgIpc) is 3.30. The van der Waals surface area contributed by atoms with E-state index in [1.54, 1.807) is 49.0 Å². The van der Waals surface area contributed by atoms with Gasteiger partial charge in [-0.2, -0.15) is 0 Å². The van der Waals surface area contributed by atoms with Gasteiger partial charge in [-0.05, 0) is 36.4 Å². The van der Waals surface area contributed by atoms with Crippen molar-refractivity contribution in [2.75, 3.05) is 15.8 Å². The molecule has 29 heavy (non-hydrogen) atoms. The first-order valence-electron chi connectivity index (χ1n) is 9.18. The van der Waals surface area contributed by atoms with Crippen LogP contribution in [0.5, 0.6) is 0 Å². The summed E-state index contributed by atoms with van der Waals surface area (Å²) in [6.07, 6.45) is 2.35. The summed E-state index contributed by atoms with van der Waals surface area (Å²) in [6.45, 7) is 2.69. The zero-order valence-corrected chi connectivity index (χ0v) is 17.4. The summed E-state index contributed by atoms with van der Waals surface area (Å²) in [7, 11) is -3.75. The number of rotatable bonds is 6. The molecule has 0 radical (unpaired) electrons. The Morgan fingerprint density at radius 1 is 1.17 bits per heavy atom. The molecule has 2 aromatic carbocycles. The Labute approximate surface area is 173 Å². The summed E-state index contributed by atoms with van der Waals surface area (Å²) in [6, 6.07) is 13.3. The number of hydrogen-bond acceptors (Lipinski definition) is 5. The molecule has 2 N–H and O–H groups in total. The smallest absolute Gasteiger partial charge is 0.261 e. The van der Waals surface area contributed by atoms with Crippen molar-refractivity contribution in [3.05, 3.63) is 54.7 Å². The monoisotopic (exact) mass is 428 g/mol. The molecule has 0 unspecified atom stereocenters. The predicted molar refractivity (Wildman–Crippen MR) is 115 cm³/mol. The Hall–Kier alpha value is -2.78. The molecule has 0 atom stereocenters. The van der Waals surface area contributed by atoms with Crippen molar-refractivity contribution < 1.29 is 13.2 Å². The number of nitrogens with one attached hydrogen (secondary N) is 2. The number of anilines is 2. The van der Waals surface area contributed by atoms with Gasteiger partial charge in [-0.15, -0.1) is 0 Å². The first-order valence-corrected chi connectivity index (χ1v) is 11.6. The molecule has 1 aromatic heterocycles. The van der Waals surface area contributed by atoms with Crippen molar-refractivity contribution in [3.8, 4) is 11.3 Å². The third-order valence-electron chi connectivity index (χ3n) is 4.48. The van der Waals surface area contributed by atoms with Crippen LogP contribution >= 0.6 is 11.8 Å². The number of imidazole rings is 1. The van der Waals surface area contributed by atoms with E-state index in [1.807, 2.05) is 12.3 Å². The summed E-state index contributed by atoms with van der Waals surface area (Å²) >= 11 is 1.72. The van der Waals surface area contributed by atoms with E-state index < -0.39 is 10.0 Å². The van der Waals surface area contributed by atoms with Crippen LogP contribution in [0.3, 0.4) is 0 Å². The largest absolute Gasteiger partial charge is 0.326 e. The maximum Gasteiger partial charge on any atom is 0.261 e. The number of aromatic nitrogens is 2. The fourth-order valence-corrected chi connectivity index (χ4v) is 4.96. The van der Waals surface area contributed by atoms with Crippen molar-refractivity contribution in [1.29, 1.82) is 0 Å². The highest BCUT2D eigenvalue weighted by atomic mass is 32.2. The highest BCUT2D eigenvalue weighted by Gasteiger charge is 2.17. The van der Waals surface area contributed by atoms with E-state index in [2.05, 4.69) is 19.6 Å². The SMILES string of the molecule is CCC(=O)Nc1ccc(S(=O)(=O)Nc2cccc(-c3cn4c(n3)SCC4)c2)cc1. The van der Waals surface area contributed by atoms with Crippen molar-refractivity contribution in [2.45, 2.75) is 29.9 Å².